The third-order valence-electron chi connectivity index (χ3n) is 3.70. The molecule has 0 saturated carbocycles. The highest BCUT2D eigenvalue weighted by molar-refractivity contribution is 5.66. The minimum atomic E-state index is -1.31. The van der Waals surface area contributed by atoms with Crippen molar-refractivity contribution in [2.45, 2.75) is 26.8 Å². The third-order valence-corrected chi connectivity index (χ3v) is 3.70. The first-order valence-corrected chi connectivity index (χ1v) is 7.80. The molecule has 0 aliphatic heterocycles. The second kappa shape index (κ2) is 7.38. The molecule has 2 N–H and O–H groups in total. The summed E-state index contributed by atoms with van der Waals surface area (Å²) in [7, 11) is 0. The number of hydrogen-bond donors (Lipinski definition) is 2. The Balaban J connectivity index is 2.52. The molecular formula is C18H19FN2O5. The van der Waals surface area contributed by atoms with Crippen LogP contribution in [0.2, 0.25) is 0 Å². The predicted molar refractivity (Wildman–Crippen MR) is 92.9 cm³/mol. The standard InChI is InChI=1S/C18H19FN2O5/c1-18(2,3)16(20-17(22)23)12-10-11(8-9-14(12)21(24)25)26-15-7-5-4-6-13(15)19/h4-10,16,20H,1-3H3,(H,22,23). The van der Waals surface area contributed by atoms with Crippen LogP contribution in [0.25, 0.3) is 0 Å². The number of nitrogens with zero attached hydrogens (tertiary/aromatic N) is 1. The Kier molecular flexibility index (Phi) is 5.44. The number of carboxylic acid groups (broad SMARTS) is 1. The molecular weight excluding hydrogens is 343 g/mol. The van der Waals surface area contributed by atoms with Crippen LogP contribution < -0.4 is 10.1 Å². The lowest BCUT2D eigenvalue weighted by atomic mass is 9.81. The molecule has 0 aromatic heterocycles. The Hall–Kier alpha value is -3.16. The Morgan fingerprint density at radius 1 is 1.27 bits per heavy atom. The molecule has 1 amide bonds. The van der Waals surface area contributed by atoms with E-state index in [9.17, 15) is 19.3 Å². The molecule has 0 fully saturated rings. The molecule has 8 heteroatoms. The Morgan fingerprint density at radius 2 is 1.92 bits per heavy atom. The monoisotopic (exact) mass is 362 g/mol. The van der Waals surface area contributed by atoms with Crippen molar-refractivity contribution in [3.63, 3.8) is 0 Å². The van der Waals surface area contributed by atoms with Crippen molar-refractivity contribution < 1.29 is 24.0 Å². The summed E-state index contributed by atoms with van der Waals surface area (Å²) in [5.74, 6) is -0.452. The van der Waals surface area contributed by atoms with Crippen LogP contribution in [0.1, 0.15) is 32.4 Å². The minimum absolute atomic E-state index is 0.0363. The van der Waals surface area contributed by atoms with Gasteiger partial charge in [0, 0.05) is 6.07 Å². The first kappa shape index (κ1) is 19.2. The normalized spacial score (nSPS) is 12.3. The maximum Gasteiger partial charge on any atom is 0.405 e. The first-order chi connectivity index (χ1) is 12.1. The summed E-state index contributed by atoms with van der Waals surface area (Å²) in [5, 5.41) is 22.8. The van der Waals surface area contributed by atoms with Crippen LogP contribution in [0.5, 0.6) is 11.5 Å². The average molecular weight is 362 g/mol. The van der Waals surface area contributed by atoms with Gasteiger partial charge in [-0.15, -0.1) is 0 Å². The number of rotatable bonds is 5. The van der Waals surface area contributed by atoms with E-state index in [-0.39, 0.29) is 22.7 Å². The third kappa shape index (κ3) is 4.47. The van der Waals surface area contributed by atoms with E-state index in [1.807, 2.05) is 0 Å². The highest BCUT2D eigenvalue weighted by Gasteiger charge is 2.33. The van der Waals surface area contributed by atoms with Crippen LogP contribution in [-0.4, -0.2) is 16.1 Å². The van der Waals surface area contributed by atoms with Crippen LogP contribution in [0.15, 0.2) is 42.5 Å². The SMILES string of the molecule is CC(C)(C)C(NC(=O)O)c1cc(Oc2ccccc2F)ccc1[N+](=O)[O-]. The van der Waals surface area contributed by atoms with E-state index in [0.717, 1.165) is 0 Å². The Labute approximate surface area is 149 Å². The number of benzene rings is 2. The largest absolute Gasteiger partial charge is 0.465 e. The zero-order valence-electron chi connectivity index (χ0n) is 14.5. The van der Waals surface area contributed by atoms with Crippen molar-refractivity contribution >= 4 is 11.8 Å². The summed E-state index contributed by atoms with van der Waals surface area (Å²) in [5.41, 5.74) is -0.766. The number of nitrogens with one attached hydrogen (secondary N) is 1. The van der Waals surface area contributed by atoms with Gasteiger partial charge in [-0.05, 0) is 29.7 Å². The van der Waals surface area contributed by atoms with E-state index in [1.165, 1.54) is 36.4 Å². The van der Waals surface area contributed by atoms with Crippen LogP contribution >= 0.6 is 0 Å². The van der Waals surface area contributed by atoms with Crippen molar-refractivity contribution in [2.24, 2.45) is 5.41 Å². The van der Waals surface area contributed by atoms with E-state index in [2.05, 4.69) is 5.32 Å². The lowest BCUT2D eigenvalue weighted by Gasteiger charge is -2.30. The van der Waals surface area contributed by atoms with Gasteiger partial charge < -0.3 is 15.2 Å². The van der Waals surface area contributed by atoms with E-state index >= 15 is 0 Å². The van der Waals surface area contributed by atoms with Crippen LogP contribution in [0.4, 0.5) is 14.9 Å². The van der Waals surface area contributed by atoms with Gasteiger partial charge in [0.15, 0.2) is 11.6 Å². The van der Waals surface area contributed by atoms with Gasteiger partial charge in [0.2, 0.25) is 0 Å². The maximum absolute atomic E-state index is 13.8. The van der Waals surface area contributed by atoms with Gasteiger partial charge in [-0.25, -0.2) is 9.18 Å². The van der Waals surface area contributed by atoms with Crippen LogP contribution in [-0.2, 0) is 0 Å². The Morgan fingerprint density at radius 3 is 2.46 bits per heavy atom. The molecule has 2 aromatic carbocycles. The average Bonchev–Trinajstić information content (AvgIpc) is 2.53. The molecule has 0 heterocycles. The van der Waals surface area contributed by atoms with Crippen LogP contribution in [0.3, 0.4) is 0 Å². The summed E-state index contributed by atoms with van der Waals surface area (Å²) in [6.07, 6.45) is -1.31. The molecule has 1 atom stereocenters. The molecule has 0 aliphatic rings. The number of nitro groups is 1. The highest BCUT2D eigenvalue weighted by Crippen LogP contribution is 2.40. The minimum Gasteiger partial charge on any atom is -0.465 e. The molecule has 1 unspecified atom stereocenters. The lowest BCUT2D eigenvalue weighted by Crippen LogP contribution is -2.36. The summed E-state index contributed by atoms with van der Waals surface area (Å²) in [6, 6.07) is 8.80. The summed E-state index contributed by atoms with van der Waals surface area (Å²) < 4.78 is 19.3. The maximum atomic E-state index is 13.8. The second-order valence-electron chi connectivity index (χ2n) is 6.76. The quantitative estimate of drug-likeness (QED) is 0.583. The number of para-hydroxylation sites is 1. The van der Waals surface area contributed by atoms with Crippen molar-refractivity contribution in [2.75, 3.05) is 0 Å². The van der Waals surface area contributed by atoms with Gasteiger partial charge in [-0.2, -0.15) is 0 Å². The fraction of sp³-hybridized carbons (Fsp3) is 0.278. The topological polar surface area (TPSA) is 102 Å². The number of amides is 1. The fourth-order valence-electron chi connectivity index (χ4n) is 2.53. The van der Waals surface area contributed by atoms with Crippen molar-refractivity contribution in [3.8, 4) is 11.5 Å². The number of carbonyl (C=O) groups is 1. The second-order valence-corrected chi connectivity index (χ2v) is 6.76. The van der Waals surface area contributed by atoms with Crippen molar-refractivity contribution in [1.29, 1.82) is 0 Å². The number of hydrogen-bond acceptors (Lipinski definition) is 4. The molecule has 7 nitrogen and oxygen atoms in total. The van der Waals surface area contributed by atoms with Crippen molar-refractivity contribution in [1.82, 2.24) is 5.32 Å². The number of nitro benzene ring substituents is 1. The van der Waals surface area contributed by atoms with Gasteiger partial charge in [-0.1, -0.05) is 32.9 Å². The predicted octanol–water partition coefficient (Wildman–Crippen LogP) is 4.88. The zero-order valence-corrected chi connectivity index (χ0v) is 14.5. The molecule has 0 radical (unpaired) electrons. The summed E-state index contributed by atoms with van der Waals surface area (Å²) in [6.45, 7) is 5.26. The molecule has 2 rings (SSSR count). The fourth-order valence-corrected chi connectivity index (χ4v) is 2.53. The molecule has 26 heavy (non-hydrogen) atoms. The zero-order chi connectivity index (χ0) is 19.5. The van der Waals surface area contributed by atoms with Crippen LogP contribution in [0, 0.1) is 21.3 Å². The molecule has 2 aromatic rings. The smallest absolute Gasteiger partial charge is 0.405 e. The van der Waals surface area contributed by atoms with Crippen molar-refractivity contribution in [3.05, 3.63) is 64.0 Å². The lowest BCUT2D eigenvalue weighted by molar-refractivity contribution is -0.386. The molecule has 0 spiro atoms. The van der Waals surface area contributed by atoms with Gasteiger partial charge in [0.1, 0.15) is 5.75 Å². The van der Waals surface area contributed by atoms with Gasteiger partial charge in [-0.3, -0.25) is 10.1 Å². The van der Waals surface area contributed by atoms with E-state index in [0.29, 0.717) is 0 Å². The number of halogens is 1. The molecule has 0 saturated heterocycles. The Bertz CT molecular complexity index is 833. The van der Waals surface area contributed by atoms with Gasteiger partial charge in [0.05, 0.1) is 16.5 Å². The van der Waals surface area contributed by atoms with E-state index in [4.69, 9.17) is 9.84 Å². The highest BCUT2D eigenvalue weighted by atomic mass is 19.1. The summed E-state index contributed by atoms with van der Waals surface area (Å²) >= 11 is 0. The van der Waals surface area contributed by atoms with Gasteiger partial charge in [0.25, 0.3) is 5.69 Å². The molecule has 0 aliphatic carbocycles. The van der Waals surface area contributed by atoms with E-state index < -0.39 is 28.3 Å². The first-order valence-electron chi connectivity index (χ1n) is 7.80. The van der Waals surface area contributed by atoms with E-state index in [1.54, 1.807) is 26.8 Å². The van der Waals surface area contributed by atoms with Gasteiger partial charge >= 0.3 is 6.09 Å². The summed E-state index contributed by atoms with van der Waals surface area (Å²) in [4.78, 5) is 22.0. The molecule has 138 valence electrons. The number of ether oxygens (including phenoxy) is 1. The molecule has 0 bridgehead atoms.